The molecule has 7 heteroatoms. The molecule has 3 aromatic rings. The zero-order valence-electron chi connectivity index (χ0n) is 16.5. The molecule has 0 saturated heterocycles. The van der Waals surface area contributed by atoms with Crippen LogP contribution >= 0.6 is 0 Å². The lowest BCUT2D eigenvalue weighted by Gasteiger charge is -2.18. The molecule has 0 heterocycles. The minimum Gasteiger partial charge on any atom is -0.497 e. The van der Waals surface area contributed by atoms with Crippen LogP contribution in [0.3, 0.4) is 0 Å². The van der Waals surface area contributed by atoms with Gasteiger partial charge in [-0.3, -0.25) is 10.2 Å². The van der Waals surface area contributed by atoms with E-state index in [1.807, 2.05) is 24.3 Å². The van der Waals surface area contributed by atoms with Gasteiger partial charge in [-0.1, -0.05) is 30.3 Å². The number of rotatable bonds is 7. The number of anilines is 1. The van der Waals surface area contributed by atoms with Crippen LogP contribution in [0, 0.1) is 5.41 Å². The molecule has 0 aliphatic carbocycles. The molecule has 3 aromatic carbocycles. The maximum Gasteiger partial charge on any atom is 0.251 e. The first-order chi connectivity index (χ1) is 14.4. The van der Waals surface area contributed by atoms with E-state index in [1.165, 1.54) is 6.07 Å². The van der Waals surface area contributed by atoms with Crippen LogP contribution in [-0.2, 0) is 0 Å². The number of carbonyl (C=O) groups excluding carboxylic acids is 1. The van der Waals surface area contributed by atoms with Crippen molar-refractivity contribution < 1.29 is 13.9 Å². The Hall–Kier alpha value is -3.71. The number of hydrogen-bond donors (Lipinski definition) is 4. The van der Waals surface area contributed by atoms with Crippen molar-refractivity contribution in [2.24, 2.45) is 5.73 Å². The van der Waals surface area contributed by atoms with Gasteiger partial charge in [0.1, 0.15) is 5.75 Å². The van der Waals surface area contributed by atoms with E-state index in [2.05, 4.69) is 5.32 Å². The number of nitrogens with two attached hydrogens (primary N) is 2. The maximum absolute atomic E-state index is 13.4. The van der Waals surface area contributed by atoms with E-state index in [1.54, 1.807) is 43.5 Å². The number of benzene rings is 3. The van der Waals surface area contributed by atoms with Crippen molar-refractivity contribution in [2.45, 2.75) is 6.04 Å². The molecule has 0 aromatic heterocycles. The summed E-state index contributed by atoms with van der Waals surface area (Å²) in [6.07, 6.45) is 0. The van der Waals surface area contributed by atoms with Crippen molar-refractivity contribution in [3.63, 3.8) is 0 Å². The van der Waals surface area contributed by atoms with E-state index >= 15 is 0 Å². The van der Waals surface area contributed by atoms with Crippen LogP contribution in [0.4, 0.5) is 10.1 Å². The van der Waals surface area contributed by atoms with Crippen LogP contribution in [0.1, 0.15) is 27.5 Å². The SMILES string of the molecule is COc1cccc(C(CN)NC(=O)c2cccc(-c3ccc(N)c(C(=N)F)c3)c2)c1. The Kier molecular flexibility index (Phi) is 6.44. The summed E-state index contributed by atoms with van der Waals surface area (Å²) in [5.74, 6) is -0.712. The summed E-state index contributed by atoms with van der Waals surface area (Å²) in [6, 6.07) is 18.7. The minimum atomic E-state index is -1.10. The van der Waals surface area contributed by atoms with E-state index in [9.17, 15) is 9.18 Å². The first-order valence-electron chi connectivity index (χ1n) is 9.32. The molecule has 154 valence electrons. The minimum absolute atomic E-state index is 0.0172. The van der Waals surface area contributed by atoms with Gasteiger partial charge in [0.25, 0.3) is 5.91 Å². The summed E-state index contributed by atoms with van der Waals surface area (Å²) in [5, 5.41) is 10.2. The standard InChI is InChI=1S/C23H23FN4O2/c1-30-18-7-3-5-16(11-18)21(13-25)28-23(29)17-6-2-4-14(10-17)15-8-9-20(26)19(12-15)22(24)27/h2-12,21,27H,13,25-26H2,1H3,(H,28,29). The Morgan fingerprint density at radius 3 is 2.53 bits per heavy atom. The number of halogens is 1. The second-order valence-electron chi connectivity index (χ2n) is 6.74. The third kappa shape index (κ3) is 4.64. The first kappa shape index (κ1) is 21.0. The van der Waals surface area contributed by atoms with Crippen molar-refractivity contribution in [1.82, 2.24) is 5.32 Å². The second-order valence-corrected chi connectivity index (χ2v) is 6.74. The molecule has 6 N–H and O–H groups in total. The third-order valence-corrected chi connectivity index (χ3v) is 4.79. The molecule has 0 aliphatic heterocycles. The predicted molar refractivity (Wildman–Crippen MR) is 116 cm³/mol. The molecule has 0 fully saturated rings. The van der Waals surface area contributed by atoms with Crippen molar-refractivity contribution in [3.05, 3.63) is 83.4 Å². The fourth-order valence-corrected chi connectivity index (χ4v) is 3.14. The molecule has 0 spiro atoms. The molecule has 30 heavy (non-hydrogen) atoms. The van der Waals surface area contributed by atoms with Crippen molar-refractivity contribution in [2.75, 3.05) is 19.4 Å². The normalized spacial score (nSPS) is 11.6. The highest BCUT2D eigenvalue weighted by atomic mass is 19.1. The number of hydrogen-bond acceptors (Lipinski definition) is 5. The summed E-state index contributed by atoms with van der Waals surface area (Å²) >= 11 is 0. The molecule has 0 aliphatic rings. The largest absolute Gasteiger partial charge is 0.497 e. The highest BCUT2D eigenvalue weighted by molar-refractivity contribution is 5.98. The summed E-state index contributed by atoms with van der Waals surface area (Å²) in [4.78, 5) is 12.8. The average molecular weight is 406 g/mol. The van der Waals surface area contributed by atoms with Crippen molar-refractivity contribution in [1.29, 1.82) is 5.41 Å². The molecular formula is C23H23FN4O2. The molecule has 0 saturated carbocycles. The zero-order chi connectivity index (χ0) is 21.7. The van der Waals surface area contributed by atoms with E-state index in [0.29, 0.717) is 22.4 Å². The Balaban J connectivity index is 1.85. The van der Waals surface area contributed by atoms with Crippen LogP contribution in [0.15, 0.2) is 66.7 Å². The summed E-state index contributed by atoms with van der Waals surface area (Å²) in [7, 11) is 1.58. The number of ether oxygens (including phenoxy) is 1. The van der Waals surface area contributed by atoms with Crippen LogP contribution in [-0.4, -0.2) is 25.5 Å². The van der Waals surface area contributed by atoms with Gasteiger partial charge in [0.15, 0.2) is 0 Å². The Labute approximate surface area is 174 Å². The Morgan fingerprint density at radius 2 is 1.83 bits per heavy atom. The van der Waals surface area contributed by atoms with Crippen LogP contribution in [0.5, 0.6) is 5.75 Å². The zero-order valence-corrected chi connectivity index (χ0v) is 16.5. The van der Waals surface area contributed by atoms with Crippen LogP contribution < -0.4 is 21.5 Å². The Morgan fingerprint density at radius 1 is 1.10 bits per heavy atom. The van der Waals surface area contributed by atoms with Crippen molar-refractivity contribution >= 4 is 17.6 Å². The molecule has 1 unspecified atom stereocenters. The quantitative estimate of drug-likeness (QED) is 0.354. The van der Waals surface area contributed by atoms with E-state index in [4.69, 9.17) is 21.6 Å². The number of amides is 1. The lowest BCUT2D eigenvalue weighted by atomic mass is 9.99. The highest BCUT2D eigenvalue weighted by Crippen LogP contribution is 2.26. The maximum atomic E-state index is 13.4. The van der Waals surface area contributed by atoms with Gasteiger partial charge in [-0.25, -0.2) is 0 Å². The smallest absolute Gasteiger partial charge is 0.251 e. The van der Waals surface area contributed by atoms with Gasteiger partial charge >= 0.3 is 0 Å². The first-order valence-corrected chi connectivity index (χ1v) is 9.32. The fourth-order valence-electron chi connectivity index (χ4n) is 3.14. The van der Waals surface area contributed by atoms with Gasteiger partial charge in [0, 0.05) is 17.8 Å². The number of methoxy groups -OCH3 is 1. The molecule has 6 nitrogen and oxygen atoms in total. The highest BCUT2D eigenvalue weighted by Gasteiger charge is 2.16. The molecular weight excluding hydrogens is 383 g/mol. The fraction of sp³-hybridized carbons (Fsp3) is 0.130. The number of nitrogens with one attached hydrogen (secondary N) is 2. The summed E-state index contributed by atoms with van der Waals surface area (Å²) in [5.41, 5.74) is 14.4. The van der Waals surface area contributed by atoms with Gasteiger partial charge in [-0.05, 0) is 53.1 Å². The monoisotopic (exact) mass is 406 g/mol. The summed E-state index contributed by atoms with van der Waals surface area (Å²) < 4.78 is 18.6. The third-order valence-electron chi connectivity index (χ3n) is 4.79. The van der Waals surface area contributed by atoms with E-state index in [0.717, 1.165) is 5.56 Å². The summed E-state index contributed by atoms with van der Waals surface area (Å²) in [6.45, 7) is 0.221. The predicted octanol–water partition coefficient (Wildman–Crippen LogP) is 3.67. The lowest BCUT2D eigenvalue weighted by molar-refractivity contribution is 0.0938. The van der Waals surface area contributed by atoms with E-state index < -0.39 is 5.97 Å². The topological polar surface area (TPSA) is 114 Å². The number of nitrogen functional groups attached to an aromatic ring is 1. The van der Waals surface area contributed by atoms with Gasteiger partial charge in [0.05, 0.1) is 18.7 Å². The van der Waals surface area contributed by atoms with Crippen molar-refractivity contribution in [3.8, 4) is 16.9 Å². The second kappa shape index (κ2) is 9.19. The lowest BCUT2D eigenvalue weighted by Crippen LogP contribution is -2.33. The van der Waals surface area contributed by atoms with Gasteiger partial charge in [-0.15, -0.1) is 0 Å². The van der Waals surface area contributed by atoms with Gasteiger partial charge < -0.3 is 21.5 Å². The molecule has 1 amide bonds. The van der Waals surface area contributed by atoms with Crippen LogP contribution in [0.25, 0.3) is 11.1 Å². The molecule has 3 rings (SSSR count). The molecule has 1 atom stereocenters. The van der Waals surface area contributed by atoms with Crippen LogP contribution in [0.2, 0.25) is 0 Å². The number of carbonyl (C=O) groups is 1. The average Bonchev–Trinajstić information content (AvgIpc) is 2.77. The Bertz CT molecular complexity index is 1080. The molecule has 0 bridgehead atoms. The van der Waals surface area contributed by atoms with E-state index in [-0.39, 0.29) is 29.7 Å². The van der Waals surface area contributed by atoms with Gasteiger partial charge in [-0.2, -0.15) is 4.39 Å². The van der Waals surface area contributed by atoms with Gasteiger partial charge in [0.2, 0.25) is 5.97 Å². The molecule has 0 radical (unpaired) electrons.